The van der Waals surface area contributed by atoms with Gasteiger partial charge < -0.3 is 25.0 Å². The third-order valence-electron chi connectivity index (χ3n) is 4.87. The molecule has 2 aliphatic heterocycles. The van der Waals surface area contributed by atoms with Crippen LogP contribution in [0.5, 0.6) is 11.5 Å². The number of methoxy groups -OCH3 is 1. The summed E-state index contributed by atoms with van der Waals surface area (Å²) in [7, 11) is 1.56. The smallest absolute Gasteiger partial charge is 0.258 e. The number of carbonyl (C=O) groups is 2. The van der Waals surface area contributed by atoms with Gasteiger partial charge in [-0.3, -0.25) is 9.59 Å². The molecule has 2 atom stereocenters. The van der Waals surface area contributed by atoms with Crippen molar-refractivity contribution in [2.45, 2.75) is 18.5 Å². The summed E-state index contributed by atoms with van der Waals surface area (Å²) in [6.07, 6.45) is 0.570. The fourth-order valence-electron chi connectivity index (χ4n) is 3.65. The first-order valence-electron chi connectivity index (χ1n) is 8.87. The Bertz CT molecular complexity index is 870. The van der Waals surface area contributed by atoms with Gasteiger partial charge in [0.15, 0.2) is 18.1 Å². The van der Waals surface area contributed by atoms with Crippen LogP contribution in [-0.4, -0.2) is 44.2 Å². The molecule has 1 fully saturated rings. The summed E-state index contributed by atoms with van der Waals surface area (Å²) >= 11 is 0. The van der Waals surface area contributed by atoms with Crippen molar-refractivity contribution in [1.82, 2.24) is 5.32 Å². The van der Waals surface area contributed by atoms with E-state index < -0.39 is 0 Å². The lowest BCUT2D eigenvalue weighted by molar-refractivity contribution is -0.124. The summed E-state index contributed by atoms with van der Waals surface area (Å²) in [5.74, 6) is 0.846. The van der Waals surface area contributed by atoms with Crippen molar-refractivity contribution >= 4 is 23.2 Å². The van der Waals surface area contributed by atoms with Gasteiger partial charge in [-0.15, -0.1) is 0 Å². The summed E-state index contributed by atoms with van der Waals surface area (Å²) in [5.41, 5.74) is 1.80. The van der Waals surface area contributed by atoms with Crippen LogP contribution in [-0.2, 0) is 9.59 Å². The van der Waals surface area contributed by atoms with Crippen molar-refractivity contribution in [2.24, 2.45) is 0 Å². The van der Waals surface area contributed by atoms with E-state index in [1.165, 1.54) is 0 Å². The molecule has 2 aliphatic rings. The maximum Gasteiger partial charge on any atom is 0.258 e. The summed E-state index contributed by atoms with van der Waals surface area (Å²) in [5, 5.41) is 5.90. The van der Waals surface area contributed by atoms with Crippen molar-refractivity contribution in [3.05, 3.63) is 48.5 Å². The summed E-state index contributed by atoms with van der Waals surface area (Å²) in [4.78, 5) is 26.7. The van der Waals surface area contributed by atoms with Gasteiger partial charge in [0.25, 0.3) is 5.91 Å². The first-order chi connectivity index (χ1) is 13.2. The van der Waals surface area contributed by atoms with Gasteiger partial charge in [-0.05, 0) is 30.7 Å². The van der Waals surface area contributed by atoms with Crippen LogP contribution in [0.15, 0.2) is 48.5 Å². The number of ether oxygens (including phenoxy) is 2. The van der Waals surface area contributed by atoms with Gasteiger partial charge >= 0.3 is 0 Å². The Kier molecular flexibility index (Phi) is 4.58. The monoisotopic (exact) mass is 367 g/mol. The molecule has 0 aliphatic carbocycles. The molecule has 4 rings (SSSR count). The second-order valence-corrected chi connectivity index (χ2v) is 6.61. The molecule has 2 amide bonds. The minimum Gasteiger partial charge on any atom is -0.493 e. The average Bonchev–Trinajstić information content (AvgIpc) is 3.11. The quantitative estimate of drug-likeness (QED) is 0.842. The zero-order chi connectivity index (χ0) is 18.8. The normalized spacial score (nSPS) is 20.3. The number of nitrogens with one attached hydrogen (secondary N) is 2. The second kappa shape index (κ2) is 7.19. The van der Waals surface area contributed by atoms with E-state index in [1.54, 1.807) is 19.2 Å². The maximum absolute atomic E-state index is 12.3. The Hall–Kier alpha value is -3.22. The second-order valence-electron chi connectivity index (χ2n) is 6.61. The number of fused-ring (bicyclic) bond motifs is 3. The molecule has 2 aromatic carbocycles. The van der Waals surface area contributed by atoms with Gasteiger partial charge in [-0.25, -0.2) is 0 Å². The SMILES string of the molecule is COc1ccccc1OCC(=O)NC1CC2C(=O)Nc3ccccc3N2C1. The molecule has 0 bridgehead atoms. The van der Waals surface area contributed by atoms with Crippen LogP contribution in [0.2, 0.25) is 0 Å². The molecule has 27 heavy (non-hydrogen) atoms. The average molecular weight is 367 g/mol. The van der Waals surface area contributed by atoms with E-state index in [2.05, 4.69) is 15.5 Å². The largest absolute Gasteiger partial charge is 0.493 e. The molecule has 140 valence electrons. The van der Waals surface area contributed by atoms with Gasteiger partial charge in [-0.1, -0.05) is 24.3 Å². The van der Waals surface area contributed by atoms with Crippen molar-refractivity contribution in [1.29, 1.82) is 0 Å². The molecule has 2 unspecified atom stereocenters. The first-order valence-corrected chi connectivity index (χ1v) is 8.87. The predicted octanol–water partition coefficient (Wildman–Crippen LogP) is 1.79. The van der Waals surface area contributed by atoms with E-state index in [1.807, 2.05) is 36.4 Å². The number of hydrogen-bond acceptors (Lipinski definition) is 5. The number of carbonyl (C=O) groups excluding carboxylic acids is 2. The van der Waals surface area contributed by atoms with Gasteiger partial charge in [-0.2, -0.15) is 0 Å². The molecule has 7 nitrogen and oxygen atoms in total. The fourth-order valence-corrected chi connectivity index (χ4v) is 3.65. The molecule has 2 aromatic rings. The summed E-state index contributed by atoms with van der Waals surface area (Å²) in [6.45, 7) is 0.486. The van der Waals surface area contributed by atoms with Crippen molar-refractivity contribution in [3.8, 4) is 11.5 Å². The van der Waals surface area contributed by atoms with Crippen LogP contribution in [0.4, 0.5) is 11.4 Å². The van der Waals surface area contributed by atoms with Gasteiger partial charge in [0.1, 0.15) is 6.04 Å². The highest BCUT2D eigenvalue weighted by Gasteiger charge is 2.41. The van der Waals surface area contributed by atoms with Crippen LogP contribution in [0.25, 0.3) is 0 Å². The van der Waals surface area contributed by atoms with Crippen molar-refractivity contribution < 1.29 is 19.1 Å². The number of anilines is 2. The highest BCUT2D eigenvalue weighted by atomic mass is 16.5. The topological polar surface area (TPSA) is 79.9 Å². The minimum absolute atomic E-state index is 0.0317. The van der Waals surface area contributed by atoms with Crippen LogP contribution >= 0.6 is 0 Å². The van der Waals surface area contributed by atoms with Crippen LogP contribution in [0, 0.1) is 0 Å². The Morgan fingerprint density at radius 1 is 1.19 bits per heavy atom. The Morgan fingerprint density at radius 2 is 1.93 bits per heavy atom. The Labute approximate surface area is 157 Å². The van der Waals surface area contributed by atoms with E-state index in [9.17, 15) is 9.59 Å². The lowest BCUT2D eigenvalue weighted by Crippen LogP contribution is -2.44. The lowest BCUT2D eigenvalue weighted by Gasteiger charge is -2.32. The van der Waals surface area contributed by atoms with E-state index in [4.69, 9.17) is 9.47 Å². The maximum atomic E-state index is 12.3. The molecule has 0 saturated carbocycles. The standard InChI is InChI=1S/C20H21N3O4/c1-26-17-8-4-5-9-18(17)27-12-19(24)21-13-10-16-20(25)22-14-6-2-3-7-15(14)23(16)11-13/h2-9,13,16H,10-12H2,1H3,(H,21,24)(H,22,25). The fraction of sp³-hybridized carbons (Fsp3) is 0.300. The molecular weight excluding hydrogens is 346 g/mol. The lowest BCUT2D eigenvalue weighted by atomic mass is 10.1. The molecule has 2 heterocycles. The molecule has 2 N–H and O–H groups in total. The van der Waals surface area contributed by atoms with Crippen LogP contribution in [0.1, 0.15) is 6.42 Å². The predicted molar refractivity (Wildman–Crippen MR) is 101 cm³/mol. The van der Waals surface area contributed by atoms with Gasteiger partial charge in [0, 0.05) is 12.6 Å². The number of rotatable bonds is 5. The molecule has 0 spiro atoms. The zero-order valence-electron chi connectivity index (χ0n) is 15.0. The zero-order valence-corrected chi connectivity index (χ0v) is 15.0. The molecule has 0 aromatic heterocycles. The molecular formula is C20H21N3O4. The van der Waals surface area contributed by atoms with E-state index in [0.29, 0.717) is 24.5 Å². The Balaban J connectivity index is 1.37. The van der Waals surface area contributed by atoms with Crippen molar-refractivity contribution in [2.75, 3.05) is 30.5 Å². The molecule has 1 saturated heterocycles. The summed E-state index contributed by atoms with van der Waals surface area (Å²) in [6, 6.07) is 14.5. The first kappa shape index (κ1) is 17.2. The minimum atomic E-state index is -0.264. The van der Waals surface area contributed by atoms with Gasteiger partial charge in [0.05, 0.1) is 18.5 Å². The number of para-hydroxylation sites is 4. The molecule has 7 heteroatoms. The third-order valence-corrected chi connectivity index (χ3v) is 4.87. The highest BCUT2D eigenvalue weighted by molar-refractivity contribution is 6.04. The van der Waals surface area contributed by atoms with Crippen molar-refractivity contribution in [3.63, 3.8) is 0 Å². The van der Waals surface area contributed by atoms with Gasteiger partial charge in [0.2, 0.25) is 5.91 Å². The highest BCUT2D eigenvalue weighted by Crippen LogP contribution is 2.36. The molecule has 0 radical (unpaired) electrons. The third kappa shape index (κ3) is 3.40. The van der Waals surface area contributed by atoms with E-state index in [-0.39, 0.29) is 30.5 Å². The number of nitrogens with zero attached hydrogens (tertiary/aromatic N) is 1. The van der Waals surface area contributed by atoms with Crippen LogP contribution in [0.3, 0.4) is 0 Å². The number of benzene rings is 2. The van der Waals surface area contributed by atoms with E-state index in [0.717, 1.165) is 11.4 Å². The summed E-state index contributed by atoms with van der Waals surface area (Å²) < 4.78 is 10.8. The number of hydrogen-bond donors (Lipinski definition) is 2. The Morgan fingerprint density at radius 3 is 2.74 bits per heavy atom. The number of amides is 2. The van der Waals surface area contributed by atoms with Crippen LogP contribution < -0.4 is 25.0 Å². The van der Waals surface area contributed by atoms with E-state index >= 15 is 0 Å².